The van der Waals surface area contributed by atoms with Gasteiger partial charge in [-0.1, -0.05) is 12.1 Å². The smallest absolute Gasteiger partial charge is 0.252 e. The third kappa shape index (κ3) is 2.94. The van der Waals surface area contributed by atoms with Crippen molar-refractivity contribution in [2.24, 2.45) is 0 Å². The average Bonchev–Trinajstić information content (AvgIpc) is 3.05. The average molecular weight is 370 g/mol. The van der Waals surface area contributed by atoms with Crippen molar-refractivity contribution in [3.8, 4) is 0 Å². The molecule has 7 heteroatoms. The topological polar surface area (TPSA) is 57.3 Å². The van der Waals surface area contributed by atoms with E-state index < -0.39 is 12.2 Å². The highest BCUT2D eigenvalue weighted by Crippen LogP contribution is 2.32. The van der Waals surface area contributed by atoms with Gasteiger partial charge in [0.2, 0.25) is 6.17 Å². The molecule has 0 spiro atoms. The lowest BCUT2D eigenvalue weighted by molar-refractivity contribution is -0.764. The van der Waals surface area contributed by atoms with Crippen molar-refractivity contribution < 1.29 is 19.0 Å². The van der Waals surface area contributed by atoms with Crippen LogP contribution in [0.2, 0.25) is 0 Å². The molecule has 4 rings (SSSR count). The van der Waals surface area contributed by atoms with E-state index in [0.717, 1.165) is 14.9 Å². The first-order valence-corrected chi connectivity index (χ1v) is 9.04. The Labute approximate surface area is 153 Å². The highest BCUT2D eigenvalue weighted by Gasteiger charge is 2.46. The van der Waals surface area contributed by atoms with Gasteiger partial charge in [-0.3, -0.25) is 4.79 Å². The van der Waals surface area contributed by atoms with Crippen LogP contribution in [0, 0.1) is 12.7 Å². The molecule has 0 radical (unpaired) electrons. The molecule has 3 aromatic rings. The lowest BCUT2D eigenvalue weighted by Gasteiger charge is -2.32. The van der Waals surface area contributed by atoms with Crippen molar-refractivity contribution in [2.75, 3.05) is 0 Å². The molecule has 2 aromatic heterocycles. The molecule has 132 valence electrons. The first kappa shape index (κ1) is 17.0. The second kappa shape index (κ2) is 6.68. The van der Waals surface area contributed by atoms with Gasteiger partial charge >= 0.3 is 0 Å². The van der Waals surface area contributed by atoms with Crippen molar-refractivity contribution >= 4 is 17.1 Å². The number of ketones is 1. The van der Waals surface area contributed by atoms with Crippen LogP contribution in [0.4, 0.5) is 4.39 Å². The van der Waals surface area contributed by atoms with E-state index in [2.05, 4.69) is 4.98 Å². The summed E-state index contributed by atoms with van der Waals surface area (Å²) in [4.78, 5) is 18.3. The fourth-order valence-electron chi connectivity index (χ4n) is 3.31. The maximum absolute atomic E-state index is 13.3. The van der Waals surface area contributed by atoms with Gasteiger partial charge < -0.3 is 5.21 Å². The molecule has 3 heterocycles. The van der Waals surface area contributed by atoms with Crippen molar-refractivity contribution in [3.63, 3.8) is 0 Å². The summed E-state index contributed by atoms with van der Waals surface area (Å²) in [6.45, 7) is 1.93. The number of carbonyl (C=O) groups excluding carboxylic acids is 1. The largest absolute Gasteiger partial charge is 0.307 e. The van der Waals surface area contributed by atoms with Gasteiger partial charge in [-0.15, -0.1) is 16.4 Å². The van der Waals surface area contributed by atoms with Gasteiger partial charge in [0.1, 0.15) is 11.9 Å². The van der Waals surface area contributed by atoms with Gasteiger partial charge in [0.25, 0.3) is 11.5 Å². The zero-order valence-electron chi connectivity index (χ0n) is 14.0. The van der Waals surface area contributed by atoms with Crippen LogP contribution in [-0.2, 0) is 6.42 Å². The molecule has 0 amide bonds. The van der Waals surface area contributed by atoms with Gasteiger partial charge in [0.15, 0.2) is 6.20 Å². The molecule has 0 saturated heterocycles. The fraction of sp³-hybridized carbons (Fsp3) is 0.211. The van der Waals surface area contributed by atoms with Crippen LogP contribution in [0.5, 0.6) is 0 Å². The van der Waals surface area contributed by atoms with Crippen LogP contribution in [0.1, 0.15) is 38.1 Å². The molecule has 1 aromatic carbocycles. The zero-order chi connectivity index (χ0) is 18.3. The minimum atomic E-state index is -0.878. The maximum Gasteiger partial charge on any atom is 0.252 e. The Balaban J connectivity index is 1.78. The molecule has 0 bridgehead atoms. The Bertz CT molecular complexity index is 957. The Morgan fingerprint density at radius 1 is 1.27 bits per heavy atom. The van der Waals surface area contributed by atoms with Gasteiger partial charge in [0, 0.05) is 23.2 Å². The summed E-state index contributed by atoms with van der Waals surface area (Å²) >= 11 is 1.56. The lowest BCUT2D eigenvalue weighted by atomic mass is 9.96. The van der Waals surface area contributed by atoms with E-state index in [-0.39, 0.29) is 11.6 Å². The second-order valence-corrected chi connectivity index (χ2v) is 7.54. The Morgan fingerprint density at radius 2 is 2.04 bits per heavy atom. The molecule has 2 atom stereocenters. The number of aromatic nitrogens is 2. The summed E-state index contributed by atoms with van der Waals surface area (Å²) in [5.74, 6) is -0.607. The number of hydrogen-bond acceptors (Lipinski definition) is 5. The summed E-state index contributed by atoms with van der Waals surface area (Å²) in [5, 5.41) is 12.9. The van der Waals surface area contributed by atoms with Gasteiger partial charge in [-0.05, 0) is 30.7 Å². The molecule has 26 heavy (non-hydrogen) atoms. The number of halogens is 1. The zero-order valence-corrected chi connectivity index (χ0v) is 14.9. The Morgan fingerprint density at radius 3 is 2.73 bits per heavy atom. The van der Waals surface area contributed by atoms with E-state index in [1.165, 1.54) is 24.3 Å². The number of carbonyl (C=O) groups is 1. The van der Waals surface area contributed by atoms with E-state index in [0.29, 0.717) is 17.7 Å². The van der Waals surface area contributed by atoms with Crippen LogP contribution in [-0.4, -0.2) is 21.0 Å². The molecule has 1 aliphatic heterocycles. The number of thiazole rings is 1. The molecule has 0 saturated carbocycles. The van der Waals surface area contributed by atoms with E-state index in [1.54, 1.807) is 40.4 Å². The number of benzene rings is 1. The third-order valence-corrected chi connectivity index (χ3v) is 5.46. The van der Waals surface area contributed by atoms with Gasteiger partial charge in [-0.25, -0.2) is 9.37 Å². The summed E-state index contributed by atoms with van der Waals surface area (Å²) in [6.07, 6.45) is 3.63. The minimum absolute atomic E-state index is 0.226. The van der Waals surface area contributed by atoms with Gasteiger partial charge in [-0.2, -0.15) is 4.57 Å². The van der Waals surface area contributed by atoms with Crippen molar-refractivity contribution in [1.82, 2.24) is 10.0 Å². The maximum atomic E-state index is 13.3. The SMILES string of the molecule is Cc1ncc(CC2N(O)C(c3ccc(F)cc3)C(=O)c3cccc[n+]32)s1. The predicted octanol–water partition coefficient (Wildman–Crippen LogP) is 3.25. The predicted molar refractivity (Wildman–Crippen MR) is 93.3 cm³/mol. The third-order valence-electron chi connectivity index (χ3n) is 4.52. The number of rotatable bonds is 3. The second-order valence-electron chi connectivity index (χ2n) is 6.22. The van der Waals surface area contributed by atoms with Crippen molar-refractivity contribution in [1.29, 1.82) is 0 Å². The van der Waals surface area contributed by atoms with Crippen LogP contribution in [0.15, 0.2) is 54.9 Å². The van der Waals surface area contributed by atoms with Crippen LogP contribution in [0.3, 0.4) is 0 Å². The fourth-order valence-corrected chi connectivity index (χ4v) is 4.13. The normalized spacial score (nSPS) is 20.2. The molecule has 1 N–H and O–H groups in total. The highest BCUT2D eigenvalue weighted by atomic mass is 32.1. The van der Waals surface area contributed by atoms with E-state index >= 15 is 0 Å². The number of Topliss-reactive ketones (excluding diaryl/α,β-unsaturated/α-hetero) is 1. The molecule has 5 nitrogen and oxygen atoms in total. The summed E-state index contributed by atoms with van der Waals surface area (Å²) < 4.78 is 15.1. The van der Waals surface area contributed by atoms with Crippen LogP contribution in [0.25, 0.3) is 0 Å². The number of nitrogens with zero attached hydrogens (tertiary/aromatic N) is 3. The highest BCUT2D eigenvalue weighted by molar-refractivity contribution is 7.11. The monoisotopic (exact) mass is 370 g/mol. The summed E-state index contributed by atoms with van der Waals surface area (Å²) in [6, 6.07) is 10.2. The standard InChI is InChI=1S/C19H17FN3O2S/c1-12-21-11-15(26-12)10-17-22-9-3-2-4-16(22)19(24)18(23(17)25)13-5-7-14(20)8-6-13/h2-9,11,17-18,25H,10H2,1H3/q+1. The number of aryl methyl sites for hydroxylation is 1. The Kier molecular flexibility index (Phi) is 4.36. The first-order chi connectivity index (χ1) is 12.5. The quantitative estimate of drug-likeness (QED) is 0.719. The molecular formula is C19H17FN3O2S+. The van der Waals surface area contributed by atoms with Gasteiger partial charge in [0.05, 0.1) is 11.4 Å². The summed E-state index contributed by atoms with van der Waals surface area (Å²) in [7, 11) is 0. The number of hydroxylamine groups is 2. The van der Waals surface area contributed by atoms with Crippen LogP contribution < -0.4 is 4.57 Å². The molecule has 2 unspecified atom stereocenters. The van der Waals surface area contributed by atoms with Crippen LogP contribution >= 0.6 is 11.3 Å². The molecule has 1 aliphatic rings. The Hall–Kier alpha value is -2.48. The number of hydrogen-bond donors (Lipinski definition) is 1. The minimum Gasteiger partial charge on any atom is -0.307 e. The van der Waals surface area contributed by atoms with E-state index in [4.69, 9.17) is 0 Å². The lowest BCUT2D eigenvalue weighted by Crippen LogP contribution is -2.59. The summed E-state index contributed by atoms with van der Waals surface area (Å²) in [5.41, 5.74) is 1.07. The molecule has 0 fully saturated rings. The van der Waals surface area contributed by atoms with Crippen molar-refractivity contribution in [2.45, 2.75) is 25.6 Å². The first-order valence-electron chi connectivity index (χ1n) is 8.23. The number of pyridine rings is 1. The molecule has 0 aliphatic carbocycles. The van der Waals surface area contributed by atoms with E-state index in [1.807, 2.05) is 13.0 Å². The number of fused-ring (bicyclic) bond motifs is 1. The molecular weight excluding hydrogens is 353 g/mol. The van der Waals surface area contributed by atoms with Crippen molar-refractivity contribution in [3.05, 3.63) is 81.8 Å². The van der Waals surface area contributed by atoms with E-state index in [9.17, 15) is 14.4 Å².